The number of carbonyl (C=O) groups is 1. The first-order chi connectivity index (χ1) is 13.6. The van der Waals surface area contributed by atoms with Crippen LogP contribution in [0.15, 0.2) is 85.2 Å². The highest BCUT2D eigenvalue weighted by Crippen LogP contribution is 2.31. The molecule has 0 atom stereocenters. The molecule has 4 nitrogen and oxygen atoms in total. The van der Waals surface area contributed by atoms with Crippen LogP contribution < -0.4 is 10.2 Å². The van der Waals surface area contributed by atoms with Crippen molar-refractivity contribution in [1.82, 2.24) is 4.98 Å². The van der Waals surface area contributed by atoms with Gasteiger partial charge in [0.15, 0.2) is 0 Å². The van der Waals surface area contributed by atoms with E-state index in [4.69, 9.17) is 11.6 Å². The molecular weight excluding hydrogens is 370 g/mol. The van der Waals surface area contributed by atoms with Crippen LogP contribution >= 0.6 is 11.6 Å². The average Bonchev–Trinajstić information content (AvgIpc) is 2.76. The zero-order chi connectivity index (χ0) is 19.5. The molecule has 4 aromatic rings. The van der Waals surface area contributed by atoms with Crippen LogP contribution in [0, 0.1) is 0 Å². The van der Waals surface area contributed by atoms with Crippen molar-refractivity contribution in [1.29, 1.82) is 0 Å². The number of nitrogens with zero attached hydrogens (tertiary/aromatic N) is 2. The van der Waals surface area contributed by atoms with Gasteiger partial charge in [0.1, 0.15) is 0 Å². The molecule has 0 spiro atoms. The number of benzene rings is 3. The van der Waals surface area contributed by atoms with Gasteiger partial charge in [-0.15, -0.1) is 0 Å². The summed E-state index contributed by atoms with van der Waals surface area (Å²) < 4.78 is 0. The predicted octanol–water partition coefficient (Wildman–Crippen LogP) is 5.91. The molecular formula is C23H18ClN3O. The molecule has 5 heteroatoms. The molecule has 0 unspecified atom stereocenters. The molecule has 0 radical (unpaired) electrons. The Labute approximate surface area is 168 Å². The summed E-state index contributed by atoms with van der Waals surface area (Å²) in [6, 6.07) is 22.7. The van der Waals surface area contributed by atoms with Crippen molar-refractivity contribution in [2.45, 2.75) is 0 Å². The molecule has 1 amide bonds. The number of para-hydroxylation sites is 1. The van der Waals surface area contributed by atoms with Crippen molar-refractivity contribution < 1.29 is 4.79 Å². The maximum atomic E-state index is 13.1. The first kappa shape index (κ1) is 18.0. The van der Waals surface area contributed by atoms with Gasteiger partial charge in [0.2, 0.25) is 0 Å². The monoisotopic (exact) mass is 387 g/mol. The van der Waals surface area contributed by atoms with Gasteiger partial charge in [-0.2, -0.15) is 0 Å². The molecule has 1 heterocycles. The summed E-state index contributed by atoms with van der Waals surface area (Å²) in [6.07, 6.45) is 3.46. The topological polar surface area (TPSA) is 45.2 Å². The Morgan fingerprint density at radius 2 is 1.57 bits per heavy atom. The first-order valence-corrected chi connectivity index (χ1v) is 9.24. The second-order valence-electron chi connectivity index (χ2n) is 6.38. The van der Waals surface area contributed by atoms with Crippen LogP contribution in [0.2, 0.25) is 5.02 Å². The Balaban J connectivity index is 1.70. The van der Waals surface area contributed by atoms with Gasteiger partial charge >= 0.3 is 0 Å². The van der Waals surface area contributed by atoms with E-state index >= 15 is 0 Å². The number of halogens is 1. The predicted molar refractivity (Wildman–Crippen MR) is 116 cm³/mol. The van der Waals surface area contributed by atoms with Crippen molar-refractivity contribution in [3.8, 4) is 0 Å². The van der Waals surface area contributed by atoms with Crippen LogP contribution in [0.3, 0.4) is 0 Å². The third-order valence-electron chi connectivity index (χ3n) is 4.68. The number of hydrogen-bond donors (Lipinski definition) is 1. The van der Waals surface area contributed by atoms with Crippen molar-refractivity contribution in [2.24, 2.45) is 0 Å². The van der Waals surface area contributed by atoms with Gasteiger partial charge in [0.05, 0.1) is 11.3 Å². The minimum Gasteiger partial charge on any atom is -0.344 e. The van der Waals surface area contributed by atoms with Gasteiger partial charge in [0.25, 0.3) is 5.91 Å². The van der Waals surface area contributed by atoms with E-state index in [2.05, 4.69) is 10.3 Å². The number of fused-ring (bicyclic) bond motifs is 1. The number of pyridine rings is 1. The highest BCUT2D eigenvalue weighted by atomic mass is 35.5. The van der Waals surface area contributed by atoms with Gasteiger partial charge in [-0.3, -0.25) is 9.78 Å². The van der Waals surface area contributed by atoms with Crippen LogP contribution in [-0.2, 0) is 0 Å². The van der Waals surface area contributed by atoms with Crippen molar-refractivity contribution in [3.05, 3.63) is 95.8 Å². The molecule has 0 fully saturated rings. The van der Waals surface area contributed by atoms with Crippen LogP contribution in [0.1, 0.15) is 10.4 Å². The molecule has 1 aromatic heterocycles. The smallest absolute Gasteiger partial charge is 0.257 e. The van der Waals surface area contributed by atoms with Gasteiger partial charge in [0, 0.05) is 46.6 Å². The maximum absolute atomic E-state index is 13.1. The van der Waals surface area contributed by atoms with Crippen molar-refractivity contribution in [2.75, 3.05) is 17.3 Å². The third-order valence-corrected chi connectivity index (χ3v) is 5.01. The van der Waals surface area contributed by atoms with E-state index in [0.29, 0.717) is 10.6 Å². The molecule has 0 saturated carbocycles. The van der Waals surface area contributed by atoms with Crippen LogP contribution in [0.25, 0.3) is 10.8 Å². The van der Waals surface area contributed by atoms with E-state index in [9.17, 15) is 4.79 Å². The molecule has 28 heavy (non-hydrogen) atoms. The fourth-order valence-electron chi connectivity index (χ4n) is 3.23. The molecule has 0 saturated heterocycles. The van der Waals surface area contributed by atoms with Crippen molar-refractivity contribution >= 4 is 45.3 Å². The highest BCUT2D eigenvalue weighted by molar-refractivity contribution is 6.36. The standard InChI is InChI=1S/C23H18ClN3O/c1-27(16-12-14-25-15-13-16)22-9-5-4-8-19(22)23(28)26-21-11-10-20(24)17-6-2-3-7-18(17)21/h2-15H,1H3,(H,26,28). The van der Waals surface area contributed by atoms with Crippen LogP contribution in [0.4, 0.5) is 17.1 Å². The summed E-state index contributed by atoms with van der Waals surface area (Å²) in [5, 5.41) is 5.51. The third kappa shape index (κ3) is 3.42. The Hall–Kier alpha value is -3.37. The van der Waals surface area contributed by atoms with Crippen molar-refractivity contribution in [3.63, 3.8) is 0 Å². The van der Waals surface area contributed by atoms with E-state index in [0.717, 1.165) is 27.8 Å². The fraction of sp³-hybridized carbons (Fsp3) is 0.0435. The van der Waals surface area contributed by atoms with E-state index in [-0.39, 0.29) is 5.91 Å². The summed E-state index contributed by atoms with van der Waals surface area (Å²) in [5.74, 6) is -0.177. The zero-order valence-electron chi connectivity index (χ0n) is 15.3. The molecule has 1 N–H and O–H groups in total. The maximum Gasteiger partial charge on any atom is 0.257 e. The Morgan fingerprint density at radius 3 is 2.36 bits per heavy atom. The first-order valence-electron chi connectivity index (χ1n) is 8.86. The number of hydrogen-bond acceptors (Lipinski definition) is 3. The summed E-state index contributed by atoms with van der Waals surface area (Å²) in [7, 11) is 1.93. The number of carbonyl (C=O) groups excluding carboxylic acids is 1. The van der Waals surface area contributed by atoms with Gasteiger partial charge in [-0.05, 0) is 36.4 Å². The van der Waals surface area contributed by atoms with Crippen LogP contribution in [-0.4, -0.2) is 17.9 Å². The van der Waals surface area contributed by atoms with E-state index in [1.54, 1.807) is 18.5 Å². The van der Waals surface area contributed by atoms with Gasteiger partial charge in [-0.1, -0.05) is 48.0 Å². The highest BCUT2D eigenvalue weighted by Gasteiger charge is 2.16. The number of aromatic nitrogens is 1. The molecule has 0 aliphatic heterocycles. The zero-order valence-corrected chi connectivity index (χ0v) is 16.0. The largest absolute Gasteiger partial charge is 0.344 e. The molecule has 138 valence electrons. The quantitative estimate of drug-likeness (QED) is 0.473. The molecule has 4 rings (SSSR count). The second kappa shape index (κ2) is 7.71. The molecule has 0 aliphatic rings. The minimum absolute atomic E-state index is 0.177. The number of nitrogens with one attached hydrogen (secondary N) is 1. The summed E-state index contributed by atoms with van der Waals surface area (Å²) >= 11 is 6.29. The second-order valence-corrected chi connectivity index (χ2v) is 6.78. The number of amides is 1. The SMILES string of the molecule is CN(c1ccncc1)c1ccccc1C(=O)Nc1ccc(Cl)c2ccccc12. The summed E-state index contributed by atoms with van der Waals surface area (Å²) in [5.41, 5.74) is 3.07. The normalized spacial score (nSPS) is 10.6. The molecule has 0 bridgehead atoms. The minimum atomic E-state index is -0.177. The fourth-order valence-corrected chi connectivity index (χ4v) is 3.45. The Morgan fingerprint density at radius 1 is 0.893 bits per heavy atom. The lowest BCUT2D eigenvalue weighted by Gasteiger charge is -2.22. The average molecular weight is 388 g/mol. The molecule has 3 aromatic carbocycles. The van der Waals surface area contributed by atoms with Gasteiger partial charge < -0.3 is 10.2 Å². The number of anilines is 3. The number of rotatable bonds is 4. The van der Waals surface area contributed by atoms with E-state index in [1.807, 2.05) is 78.7 Å². The molecule has 0 aliphatic carbocycles. The van der Waals surface area contributed by atoms with Gasteiger partial charge in [-0.25, -0.2) is 0 Å². The lowest BCUT2D eigenvalue weighted by atomic mass is 10.1. The van der Waals surface area contributed by atoms with E-state index in [1.165, 1.54) is 0 Å². The van der Waals surface area contributed by atoms with E-state index < -0.39 is 0 Å². The lowest BCUT2D eigenvalue weighted by molar-refractivity contribution is 0.102. The Bertz CT molecular complexity index is 1140. The van der Waals surface area contributed by atoms with Crippen LogP contribution in [0.5, 0.6) is 0 Å². The lowest BCUT2D eigenvalue weighted by Crippen LogP contribution is -2.18. The summed E-state index contributed by atoms with van der Waals surface area (Å²) in [4.78, 5) is 19.1. The summed E-state index contributed by atoms with van der Waals surface area (Å²) in [6.45, 7) is 0. The Kier molecular flexibility index (Phi) is 4.96.